The molecule has 0 aliphatic heterocycles. The molecule has 1 unspecified atom stereocenters. The van der Waals surface area contributed by atoms with Crippen molar-refractivity contribution in [1.29, 1.82) is 0 Å². The summed E-state index contributed by atoms with van der Waals surface area (Å²) >= 11 is 0. The largest absolute Gasteiger partial charge is 0.462 e. The zero-order chi connectivity index (χ0) is 52.9. The van der Waals surface area contributed by atoms with Crippen molar-refractivity contribution in [2.45, 2.75) is 348 Å². The highest BCUT2D eigenvalue weighted by Gasteiger charge is 2.19. The molecule has 73 heavy (non-hydrogen) atoms. The van der Waals surface area contributed by atoms with Crippen LogP contribution in [0.3, 0.4) is 0 Å². The minimum atomic E-state index is -0.782. The highest BCUT2D eigenvalue weighted by Crippen LogP contribution is 2.17. The van der Waals surface area contributed by atoms with Crippen LogP contribution in [0, 0.1) is 0 Å². The molecule has 0 aliphatic carbocycles. The van der Waals surface area contributed by atoms with Crippen molar-refractivity contribution in [3.05, 3.63) is 48.6 Å². The molecule has 0 saturated heterocycles. The topological polar surface area (TPSA) is 78.9 Å². The van der Waals surface area contributed by atoms with Gasteiger partial charge < -0.3 is 14.2 Å². The fraction of sp³-hybridized carbons (Fsp3) is 0.836. The maximum Gasteiger partial charge on any atom is 0.306 e. The summed E-state index contributed by atoms with van der Waals surface area (Å²) in [5, 5.41) is 0. The van der Waals surface area contributed by atoms with E-state index in [9.17, 15) is 14.4 Å². The van der Waals surface area contributed by atoms with Crippen molar-refractivity contribution in [2.75, 3.05) is 13.2 Å². The van der Waals surface area contributed by atoms with Crippen LogP contribution in [0.1, 0.15) is 342 Å². The molecular weight excluding hydrogens is 901 g/mol. The van der Waals surface area contributed by atoms with E-state index in [4.69, 9.17) is 14.2 Å². The minimum absolute atomic E-state index is 0.0787. The molecule has 426 valence electrons. The summed E-state index contributed by atoms with van der Waals surface area (Å²) in [6, 6.07) is 0. The van der Waals surface area contributed by atoms with Crippen molar-refractivity contribution in [3.63, 3.8) is 0 Å². The van der Waals surface area contributed by atoms with Crippen LogP contribution in [0.4, 0.5) is 0 Å². The maximum atomic E-state index is 12.8. The van der Waals surface area contributed by atoms with Crippen LogP contribution in [-0.2, 0) is 28.6 Å². The molecule has 0 aromatic heterocycles. The Morgan fingerprint density at radius 2 is 0.507 bits per heavy atom. The molecule has 0 amide bonds. The van der Waals surface area contributed by atoms with Gasteiger partial charge >= 0.3 is 17.9 Å². The van der Waals surface area contributed by atoms with Crippen LogP contribution in [0.15, 0.2) is 48.6 Å². The lowest BCUT2D eigenvalue weighted by Crippen LogP contribution is -2.30. The predicted molar refractivity (Wildman–Crippen MR) is 316 cm³/mol. The Morgan fingerprint density at radius 1 is 0.274 bits per heavy atom. The van der Waals surface area contributed by atoms with E-state index in [-0.39, 0.29) is 31.1 Å². The Balaban J connectivity index is 4.14. The SMILES string of the molecule is CCCC/C=C\C/C=C\CCCCCCCC(=O)OC(COC(=O)CCCCCCC/C=C\CCCCC)COC(=O)CCCCCCCCCCCCCCCCCCC/C=C\CCCCCCCCCC. The van der Waals surface area contributed by atoms with E-state index in [1.807, 2.05) is 0 Å². The third-order valence-electron chi connectivity index (χ3n) is 14.3. The zero-order valence-electron chi connectivity index (χ0n) is 48.9. The molecule has 6 nitrogen and oxygen atoms in total. The summed E-state index contributed by atoms with van der Waals surface area (Å²) < 4.78 is 16.9. The smallest absolute Gasteiger partial charge is 0.306 e. The summed E-state index contributed by atoms with van der Waals surface area (Å²) in [6.45, 7) is 6.60. The first-order valence-electron chi connectivity index (χ1n) is 32.1. The average molecular weight is 1020 g/mol. The van der Waals surface area contributed by atoms with Crippen LogP contribution in [0.25, 0.3) is 0 Å². The molecule has 0 aromatic rings. The summed E-state index contributed by atoms with van der Waals surface area (Å²) in [4.78, 5) is 38.2. The molecular formula is C67H122O6. The van der Waals surface area contributed by atoms with E-state index in [1.54, 1.807) is 0 Å². The molecule has 0 N–H and O–H groups in total. The Morgan fingerprint density at radius 3 is 0.836 bits per heavy atom. The van der Waals surface area contributed by atoms with Crippen molar-refractivity contribution >= 4 is 17.9 Å². The highest BCUT2D eigenvalue weighted by molar-refractivity contribution is 5.71. The Kier molecular flexibility index (Phi) is 59.7. The number of hydrogen-bond donors (Lipinski definition) is 0. The number of rotatable bonds is 59. The number of unbranched alkanes of at least 4 members (excludes halogenated alkanes) is 40. The molecule has 0 rings (SSSR count). The number of carbonyl (C=O) groups is 3. The molecule has 1 atom stereocenters. The number of allylic oxidation sites excluding steroid dienone is 8. The molecule has 0 spiro atoms. The normalized spacial score (nSPS) is 12.3. The molecule has 0 saturated carbocycles. The van der Waals surface area contributed by atoms with E-state index >= 15 is 0 Å². The van der Waals surface area contributed by atoms with Gasteiger partial charge in [-0.2, -0.15) is 0 Å². The zero-order valence-corrected chi connectivity index (χ0v) is 48.9. The van der Waals surface area contributed by atoms with E-state index in [2.05, 4.69) is 69.4 Å². The second-order valence-corrected chi connectivity index (χ2v) is 21.7. The van der Waals surface area contributed by atoms with E-state index in [1.165, 1.54) is 212 Å². The molecule has 0 heterocycles. The third-order valence-corrected chi connectivity index (χ3v) is 14.3. The second-order valence-electron chi connectivity index (χ2n) is 21.7. The molecule has 0 fully saturated rings. The fourth-order valence-electron chi connectivity index (χ4n) is 9.39. The van der Waals surface area contributed by atoms with Crippen LogP contribution in [0.5, 0.6) is 0 Å². The van der Waals surface area contributed by atoms with Gasteiger partial charge in [0.2, 0.25) is 0 Å². The van der Waals surface area contributed by atoms with Crippen LogP contribution < -0.4 is 0 Å². The number of ether oxygens (including phenoxy) is 3. The van der Waals surface area contributed by atoms with E-state index in [0.717, 1.165) is 89.9 Å². The number of hydrogen-bond acceptors (Lipinski definition) is 6. The highest BCUT2D eigenvalue weighted by atomic mass is 16.6. The van der Waals surface area contributed by atoms with Gasteiger partial charge in [0.15, 0.2) is 6.10 Å². The molecule has 0 radical (unpaired) electrons. The summed E-state index contributed by atoms with van der Waals surface area (Å²) in [5.74, 6) is -0.886. The lowest BCUT2D eigenvalue weighted by molar-refractivity contribution is -0.167. The first-order chi connectivity index (χ1) is 36.0. The van der Waals surface area contributed by atoms with Gasteiger partial charge in [-0.15, -0.1) is 0 Å². The van der Waals surface area contributed by atoms with Gasteiger partial charge in [-0.25, -0.2) is 0 Å². The number of esters is 3. The minimum Gasteiger partial charge on any atom is -0.462 e. The lowest BCUT2D eigenvalue weighted by atomic mass is 10.0. The lowest BCUT2D eigenvalue weighted by Gasteiger charge is -2.18. The Hall–Kier alpha value is -2.63. The predicted octanol–water partition coefficient (Wildman–Crippen LogP) is 21.8. The maximum absolute atomic E-state index is 12.8. The van der Waals surface area contributed by atoms with Gasteiger partial charge in [0.1, 0.15) is 13.2 Å². The first kappa shape index (κ1) is 70.4. The average Bonchev–Trinajstić information content (AvgIpc) is 3.39. The van der Waals surface area contributed by atoms with Gasteiger partial charge in [0.05, 0.1) is 0 Å². The van der Waals surface area contributed by atoms with Gasteiger partial charge in [-0.3, -0.25) is 14.4 Å². The molecule has 6 heteroatoms. The van der Waals surface area contributed by atoms with Gasteiger partial charge in [0.25, 0.3) is 0 Å². The van der Waals surface area contributed by atoms with Crippen molar-refractivity contribution in [3.8, 4) is 0 Å². The molecule has 0 aromatic carbocycles. The standard InChI is InChI=1S/C67H122O6/c1-4-7-10-13-16-19-22-25-27-28-29-30-31-32-33-34-35-36-37-38-39-40-41-43-45-48-51-54-57-60-66(69)72-63-64(62-71-65(68)59-56-53-50-47-44-24-21-18-15-12-9-6-3)73-67(70)61-58-55-52-49-46-42-26-23-20-17-14-11-8-5-2/h14,17-18,21,23,26,28-29,64H,4-13,15-16,19-20,22,24-25,27,30-63H2,1-3H3/b17-14-,21-18-,26-23-,29-28-. The first-order valence-corrected chi connectivity index (χ1v) is 32.1. The monoisotopic (exact) mass is 1020 g/mol. The summed E-state index contributed by atoms with van der Waals surface area (Å²) in [7, 11) is 0. The van der Waals surface area contributed by atoms with Crippen LogP contribution in [-0.4, -0.2) is 37.2 Å². The van der Waals surface area contributed by atoms with Crippen LogP contribution >= 0.6 is 0 Å². The summed E-state index contributed by atoms with van der Waals surface area (Å²) in [5.41, 5.74) is 0. The Bertz CT molecular complexity index is 1270. The molecule has 0 aliphatic rings. The van der Waals surface area contributed by atoms with Crippen molar-refractivity contribution in [2.24, 2.45) is 0 Å². The van der Waals surface area contributed by atoms with Crippen molar-refractivity contribution < 1.29 is 28.6 Å². The van der Waals surface area contributed by atoms with E-state index < -0.39 is 6.10 Å². The third kappa shape index (κ3) is 60.1. The second kappa shape index (κ2) is 61.9. The van der Waals surface area contributed by atoms with Gasteiger partial charge in [-0.05, 0) is 96.3 Å². The Labute approximate surface area is 454 Å². The number of carbonyl (C=O) groups excluding carboxylic acids is 3. The van der Waals surface area contributed by atoms with Crippen LogP contribution in [0.2, 0.25) is 0 Å². The van der Waals surface area contributed by atoms with Gasteiger partial charge in [0, 0.05) is 19.3 Å². The summed E-state index contributed by atoms with van der Waals surface area (Å²) in [6.07, 6.45) is 77.1. The fourth-order valence-corrected chi connectivity index (χ4v) is 9.39. The van der Waals surface area contributed by atoms with Crippen molar-refractivity contribution in [1.82, 2.24) is 0 Å². The molecule has 0 bridgehead atoms. The van der Waals surface area contributed by atoms with E-state index in [0.29, 0.717) is 19.3 Å². The quantitative estimate of drug-likeness (QED) is 0.0261. The van der Waals surface area contributed by atoms with Gasteiger partial charge in [-0.1, -0.05) is 275 Å².